The minimum absolute atomic E-state index is 0.0667. The predicted molar refractivity (Wildman–Crippen MR) is 55.0 cm³/mol. The van der Waals surface area contributed by atoms with E-state index in [1.807, 2.05) is 0 Å². The molecular weight excluding hydrogens is 249 g/mol. The summed E-state index contributed by atoms with van der Waals surface area (Å²) in [7, 11) is 0. The number of alkyl halides is 3. The molecule has 1 saturated carbocycles. The first kappa shape index (κ1) is 12.8. The summed E-state index contributed by atoms with van der Waals surface area (Å²) >= 11 is 0. The van der Waals surface area contributed by atoms with E-state index in [-0.39, 0.29) is 5.82 Å². The molecule has 4 nitrogen and oxygen atoms in total. The molecule has 7 heteroatoms. The molecule has 0 bridgehead atoms. The zero-order valence-corrected chi connectivity index (χ0v) is 9.37. The van der Waals surface area contributed by atoms with Crippen LogP contribution in [0.3, 0.4) is 0 Å². The molecule has 0 radical (unpaired) electrons. The molecule has 0 amide bonds. The van der Waals surface area contributed by atoms with Crippen LogP contribution < -0.4 is 0 Å². The van der Waals surface area contributed by atoms with E-state index in [2.05, 4.69) is 9.97 Å². The SMILES string of the molecule is O=C(O)c1cnc(CC2CCC2)nc1C(F)(F)F. The Kier molecular flexibility index (Phi) is 3.23. The lowest BCUT2D eigenvalue weighted by atomic mass is 9.83. The maximum Gasteiger partial charge on any atom is 0.434 e. The van der Waals surface area contributed by atoms with Gasteiger partial charge in [-0.15, -0.1) is 0 Å². The third-order valence-electron chi connectivity index (χ3n) is 3.03. The molecule has 98 valence electrons. The van der Waals surface area contributed by atoms with Gasteiger partial charge in [0.2, 0.25) is 0 Å². The molecule has 1 aliphatic carbocycles. The monoisotopic (exact) mass is 260 g/mol. The summed E-state index contributed by atoms with van der Waals surface area (Å²) in [6.07, 6.45) is -0.652. The highest BCUT2D eigenvalue weighted by Gasteiger charge is 2.38. The van der Waals surface area contributed by atoms with Crippen LogP contribution >= 0.6 is 0 Å². The molecule has 0 atom stereocenters. The van der Waals surface area contributed by atoms with Gasteiger partial charge in [-0.1, -0.05) is 19.3 Å². The first-order chi connectivity index (χ1) is 8.38. The van der Waals surface area contributed by atoms with Crippen molar-refractivity contribution in [1.82, 2.24) is 9.97 Å². The van der Waals surface area contributed by atoms with Crippen LogP contribution in [0.25, 0.3) is 0 Å². The van der Waals surface area contributed by atoms with E-state index in [4.69, 9.17) is 5.11 Å². The highest BCUT2D eigenvalue weighted by molar-refractivity contribution is 5.88. The topological polar surface area (TPSA) is 63.1 Å². The molecule has 0 spiro atoms. The van der Waals surface area contributed by atoms with E-state index in [1.165, 1.54) is 0 Å². The lowest BCUT2D eigenvalue weighted by Gasteiger charge is -2.24. The van der Waals surface area contributed by atoms with Crippen LogP contribution in [0.2, 0.25) is 0 Å². The number of hydrogen-bond acceptors (Lipinski definition) is 3. The van der Waals surface area contributed by atoms with Gasteiger partial charge < -0.3 is 5.11 Å². The van der Waals surface area contributed by atoms with Crippen molar-refractivity contribution in [2.45, 2.75) is 31.9 Å². The highest BCUT2D eigenvalue weighted by Crippen LogP contribution is 2.32. The molecule has 0 unspecified atom stereocenters. The number of rotatable bonds is 3. The van der Waals surface area contributed by atoms with E-state index in [0.29, 0.717) is 12.3 Å². The minimum atomic E-state index is -4.77. The lowest BCUT2D eigenvalue weighted by Crippen LogP contribution is -2.20. The quantitative estimate of drug-likeness (QED) is 0.907. The summed E-state index contributed by atoms with van der Waals surface area (Å²) < 4.78 is 38.0. The van der Waals surface area contributed by atoms with Crippen LogP contribution in [0.15, 0.2) is 6.20 Å². The van der Waals surface area contributed by atoms with Crippen LogP contribution in [0, 0.1) is 5.92 Å². The Hall–Kier alpha value is -1.66. The Morgan fingerprint density at radius 1 is 1.44 bits per heavy atom. The summed E-state index contributed by atoms with van der Waals surface area (Å²) in [6, 6.07) is 0. The number of carboxylic acids is 1. The van der Waals surface area contributed by atoms with Crippen molar-refractivity contribution >= 4 is 5.97 Å². The van der Waals surface area contributed by atoms with Gasteiger partial charge in [0.1, 0.15) is 11.4 Å². The number of halogens is 3. The number of carbonyl (C=O) groups is 1. The van der Waals surface area contributed by atoms with E-state index >= 15 is 0 Å². The molecule has 0 aliphatic heterocycles. The molecule has 1 aliphatic rings. The van der Waals surface area contributed by atoms with Gasteiger partial charge in [0.05, 0.1) is 0 Å². The van der Waals surface area contributed by atoms with Crippen LogP contribution in [-0.2, 0) is 12.6 Å². The Labute approximate surface area is 101 Å². The predicted octanol–water partition coefficient (Wildman–Crippen LogP) is 2.54. The largest absolute Gasteiger partial charge is 0.478 e. The Balaban J connectivity index is 2.32. The normalized spacial score (nSPS) is 16.4. The first-order valence-electron chi connectivity index (χ1n) is 5.54. The maximum absolute atomic E-state index is 12.7. The fourth-order valence-electron chi connectivity index (χ4n) is 1.84. The standard InChI is InChI=1S/C11H11F3N2O2/c12-11(13,14)9-7(10(17)18)5-15-8(16-9)4-6-2-1-3-6/h5-6H,1-4H2,(H,17,18). The van der Waals surface area contributed by atoms with Gasteiger partial charge in [0, 0.05) is 12.6 Å². The van der Waals surface area contributed by atoms with Crippen molar-refractivity contribution in [1.29, 1.82) is 0 Å². The molecule has 2 rings (SSSR count). The van der Waals surface area contributed by atoms with Crippen molar-refractivity contribution in [2.75, 3.05) is 0 Å². The molecule has 0 aromatic carbocycles. The maximum atomic E-state index is 12.7. The van der Waals surface area contributed by atoms with Crippen LogP contribution in [0.4, 0.5) is 13.2 Å². The fraction of sp³-hybridized carbons (Fsp3) is 0.545. The summed E-state index contributed by atoms with van der Waals surface area (Å²) in [5.41, 5.74) is -2.26. The van der Waals surface area contributed by atoms with Gasteiger partial charge in [-0.05, 0) is 5.92 Å². The van der Waals surface area contributed by atoms with E-state index in [1.54, 1.807) is 0 Å². The molecule has 1 aromatic heterocycles. The third-order valence-corrected chi connectivity index (χ3v) is 3.03. The molecule has 0 saturated heterocycles. The summed E-state index contributed by atoms with van der Waals surface area (Å²) in [5, 5.41) is 8.68. The molecular formula is C11H11F3N2O2. The Morgan fingerprint density at radius 2 is 2.11 bits per heavy atom. The molecule has 1 N–H and O–H groups in total. The van der Waals surface area contributed by atoms with Crippen molar-refractivity contribution in [3.63, 3.8) is 0 Å². The number of hydrogen-bond donors (Lipinski definition) is 1. The van der Waals surface area contributed by atoms with Gasteiger partial charge >= 0.3 is 12.1 Å². The van der Waals surface area contributed by atoms with Gasteiger partial charge in [0.25, 0.3) is 0 Å². The molecule has 18 heavy (non-hydrogen) atoms. The highest BCUT2D eigenvalue weighted by atomic mass is 19.4. The van der Waals surface area contributed by atoms with Crippen LogP contribution in [0.5, 0.6) is 0 Å². The van der Waals surface area contributed by atoms with Gasteiger partial charge in [0.15, 0.2) is 5.69 Å². The molecule has 1 aromatic rings. The smallest absolute Gasteiger partial charge is 0.434 e. The van der Waals surface area contributed by atoms with Crippen molar-refractivity contribution in [2.24, 2.45) is 5.92 Å². The second-order valence-electron chi connectivity index (χ2n) is 4.35. The minimum Gasteiger partial charge on any atom is -0.478 e. The van der Waals surface area contributed by atoms with E-state index in [9.17, 15) is 18.0 Å². The number of nitrogens with zero attached hydrogens (tertiary/aromatic N) is 2. The zero-order chi connectivity index (χ0) is 13.3. The van der Waals surface area contributed by atoms with Crippen molar-refractivity contribution in [3.8, 4) is 0 Å². The Morgan fingerprint density at radius 3 is 2.56 bits per heavy atom. The lowest BCUT2D eigenvalue weighted by molar-refractivity contribution is -0.141. The van der Waals surface area contributed by atoms with E-state index in [0.717, 1.165) is 25.5 Å². The van der Waals surface area contributed by atoms with Gasteiger partial charge in [-0.2, -0.15) is 13.2 Å². The summed E-state index contributed by atoms with van der Waals surface area (Å²) in [4.78, 5) is 17.8. The zero-order valence-electron chi connectivity index (χ0n) is 9.37. The molecule has 1 fully saturated rings. The number of aromatic nitrogens is 2. The number of carboxylic acid groups (broad SMARTS) is 1. The summed E-state index contributed by atoms with van der Waals surface area (Å²) in [5.74, 6) is -1.28. The van der Waals surface area contributed by atoms with E-state index < -0.39 is 23.4 Å². The molecule has 1 heterocycles. The van der Waals surface area contributed by atoms with Gasteiger partial charge in [-0.3, -0.25) is 0 Å². The second kappa shape index (κ2) is 4.55. The second-order valence-corrected chi connectivity index (χ2v) is 4.35. The summed E-state index contributed by atoms with van der Waals surface area (Å²) in [6.45, 7) is 0. The van der Waals surface area contributed by atoms with Crippen LogP contribution in [0.1, 0.15) is 41.1 Å². The third kappa shape index (κ3) is 2.60. The average Bonchev–Trinajstić information content (AvgIpc) is 2.22. The van der Waals surface area contributed by atoms with Crippen molar-refractivity contribution in [3.05, 3.63) is 23.3 Å². The average molecular weight is 260 g/mol. The number of aromatic carboxylic acids is 1. The van der Waals surface area contributed by atoms with Crippen molar-refractivity contribution < 1.29 is 23.1 Å². The van der Waals surface area contributed by atoms with Gasteiger partial charge in [-0.25, -0.2) is 14.8 Å². The van der Waals surface area contributed by atoms with Crippen LogP contribution in [-0.4, -0.2) is 21.0 Å². The first-order valence-corrected chi connectivity index (χ1v) is 5.54. The Bertz CT molecular complexity index is 470. The fourth-order valence-corrected chi connectivity index (χ4v) is 1.84.